The maximum absolute atomic E-state index is 12.0. The summed E-state index contributed by atoms with van der Waals surface area (Å²) in [5.74, 6) is 1.03. The number of ether oxygens (including phenoxy) is 1. The van der Waals surface area contributed by atoms with E-state index in [9.17, 15) is 4.79 Å². The maximum Gasteiger partial charge on any atom is 0.180 e. The van der Waals surface area contributed by atoms with Crippen LogP contribution in [0.2, 0.25) is 0 Å². The van der Waals surface area contributed by atoms with Gasteiger partial charge in [-0.15, -0.1) is 0 Å². The lowest BCUT2D eigenvalue weighted by Crippen LogP contribution is -2.15. The normalized spacial score (nSPS) is 16.7. The van der Waals surface area contributed by atoms with E-state index in [-0.39, 0.29) is 5.78 Å². The van der Waals surface area contributed by atoms with Crippen molar-refractivity contribution in [2.75, 3.05) is 13.2 Å². The fourth-order valence-corrected chi connectivity index (χ4v) is 2.75. The Kier molecular flexibility index (Phi) is 5.14. The van der Waals surface area contributed by atoms with Crippen molar-refractivity contribution in [1.82, 2.24) is 9.78 Å². The van der Waals surface area contributed by atoms with Crippen molar-refractivity contribution in [3.63, 3.8) is 0 Å². The van der Waals surface area contributed by atoms with Gasteiger partial charge >= 0.3 is 0 Å². The molecule has 2 rings (SSSR count). The van der Waals surface area contributed by atoms with Crippen LogP contribution < -0.4 is 0 Å². The maximum atomic E-state index is 12.0. The summed E-state index contributed by atoms with van der Waals surface area (Å²) < 4.78 is 7.04. The molecule has 0 saturated carbocycles. The van der Waals surface area contributed by atoms with Crippen molar-refractivity contribution in [1.29, 1.82) is 0 Å². The standard InChI is InChI=1S/C15H24N2O2/c1-12-11-14(17(2)16-12)15(18)6-4-3-5-13-7-9-19-10-8-13/h11,13H,3-10H2,1-2H3. The highest BCUT2D eigenvalue weighted by Gasteiger charge is 2.14. The van der Waals surface area contributed by atoms with Crippen LogP contribution in [-0.2, 0) is 11.8 Å². The van der Waals surface area contributed by atoms with Crippen molar-refractivity contribution in [3.05, 3.63) is 17.5 Å². The lowest BCUT2D eigenvalue weighted by atomic mass is 9.93. The van der Waals surface area contributed by atoms with E-state index < -0.39 is 0 Å². The Balaban J connectivity index is 1.67. The summed E-state index contributed by atoms with van der Waals surface area (Å²) in [7, 11) is 1.84. The van der Waals surface area contributed by atoms with Crippen molar-refractivity contribution in [2.45, 2.75) is 45.4 Å². The highest BCUT2D eigenvalue weighted by atomic mass is 16.5. The number of carbonyl (C=O) groups excluding carboxylic acids is 1. The number of aryl methyl sites for hydroxylation is 2. The SMILES string of the molecule is Cc1cc(C(=O)CCCCC2CCOCC2)n(C)n1. The van der Waals surface area contributed by atoms with Gasteiger partial charge in [0.05, 0.1) is 5.69 Å². The van der Waals surface area contributed by atoms with Crippen molar-refractivity contribution in [2.24, 2.45) is 13.0 Å². The molecule has 0 spiro atoms. The minimum atomic E-state index is 0.218. The highest BCUT2D eigenvalue weighted by Crippen LogP contribution is 2.21. The van der Waals surface area contributed by atoms with E-state index in [1.54, 1.807) is 4.68 Å². The molecule has 1 fully saturated rings. The molecule has 0 radical (unpaired) electrons. The van der Waals surface area contributed by atoms with E-state index in [1.807, 2.05) is 20.0 Å². The van der Waals surface area contributed by atoms with Crippen LogP contribution >= 0.6 is 0 Å². The first-order chi connectivity index (χ1) is 9.16. The summed E-state index contributed by atoms with van der Waals surface area (Å²) in [4.78, 5) is 12.0. The molecule has 0 aromatic carbocycles. The average molecular weight is 264 g/mol. The smallest absolute Gasteiger partial charge is 0.180 e. The predicted octanol–water partition coefficient (Wildman–Crippen LogP) is 2.90. The van der Waals surface area contributed by atoms with Gasteiger partial charge in [-0.3, -0.25) is 9.48 Å². The lowest BCUT2D eigenvalue weighted by molar-refractivity contribution is 0.0630. The van der Waals surface area contributed by atoms with Crippen LogP contribution in [0.25, 0.3) is 0 Å². The number of hydrogen-bond donors (Lipinski definition) is 0. The zero-order chi connectivity index (χ0) is 13.7. The Bertz CT molecular complexity index is 420. The van der Waals surface area contributed by atoms with Crippen LogP contribution in [0.3, 0.4) is 0 Å². The summed E-state index contributed by atoms with van der Waals surface area (Å²) >= 11 is 0. The molecule has 106 valence electrons. The van der Waals surface area contributed by atoms with E-state index in [1.165, 1.54) is 19.3 Å². The Morgan fingerprint density at radius 2 is 2.16 bits per heavy atom. The Morgan fingerprint density at radius 1 is 1.42 bits per heavy atom. The fourth-order valence-electron chi connectivity index (χ4n) is 2.75. The average Bonchev–Trinajstić information content (AvgIpc) is 2.75. The highest BCUT2D eigenvalue weighted by molar-refractivity contribution is 5.94. The second kappa shape index (κ2) is 6.85. The Morgan fingerprint density at radius 3 is 2.79 bits per heavy atom. The molecule has 0 bridgehead atoms. The van der Waals surface area contributed by atoms with Gasteiger partial charge in [-0.2, -0.15) is 5.10 Å². The summed E-state index contributed by atoms with van der Waals surface area (Å²) in [6.45, 7) is 3.75. The lowest BCUT2D eigenvalue weighted by Gasteiger charge is -2.21. The van der Waals surface area contributed by atoms with Gasteiger partial charge in [-0.05, 0) is 38.2 Å². The zero-order valence-electron chi connectivity index (χ0n) is 12.0. The minimum absolute atomic E-state index is 0.218. The molecule has 2 heterocycles. The van der Waals surface area contributed by atoms with Crippen molar-refractivity contribution < 1.29 is 9.53 Å². The van der Waals surface area contributed by atoms with Crippen LogP contribution in [0.5, 0.6) is 0 Å². The third kappa shape index (κ3) is 4.16. The number of aromatic nitrogens is 2. The molecule has 0 N–H and O–H groups in total. The molecular formula is C15H24N2O2. The number of Topliss-reactive ketones (excluding diaryl/α,β-unsaturated/α-hetero) is 1. The van der Waals surface area contributed by atoms with Gasteiger partial charge in [0.1, 0.15) is 5.69 Å². The molecule has 1 saturated heterocycles. The predicted molar refractivity (Wildman–Crippen MR) is 74.3 cm³/mol. The van der Waals surface area contributed by atoms with Crippen LogP contribution in [0.1, 0.15) is 54.7 Å². The molecule has 1 aromatic rings. The van der Waals surface area contributed by atoms with Crippen molar-refractivity contribution in [3.8, 4) is 0 Å². The van der Waals surface area contributed by atoms with Gasteiger partial charge in [-0.25, -0.2) is 0 Å². The summed E-state index contributed by atoms with van der Waals surface area (Å²) in [6.07, 6.45) is 6.39. The van der Waals surface area contributed by atoms with Gasteiger partial charge in [-0.1, -0.05) is 12.8 Å². The first kappa shape index (κ1) is 14.3. The number of nitrogens with zero attached hydrogens (tertiary/aromatic N) is 2. The molecule has 19 heavy (non-hydrogen) atoms. The Labute approximate surface area is 115 Å². The quantitative estimate of drug-likeness (QED) is 0.586. The first-order valence-electron chi connectivity index (χ1n) is 7.28. The largest absolute Gasteiger partial charge is 0.381 e. The van der Waals surface area contributed by atoms with Crippen LogP contribution in [0, 0.1) is 12.8 Å². The number of ketones is 1. The summed E-state index contributed by atoms with van der Waals surface area (Å²) in [6, 6.07) is 1.88. The van der Waals surface area contributed by atoms with Crippen LogP contribution in [0.15, 0.2) is 6.07 Å². The van der Waals surface area contributed by atoms with E-state index in [0.29, 0.717) is 6.42 Å². The summed E-state index contributed by atoms with van der Waals surface area (Å²) in [5, 5.41) is 4.22. The van der Waals surface area contributed by atoms with Crippen LogP contribution in [0.4, 0.5) is 0 Å². The topological polar surface area (TPSA) is 44.1 Å². The van der Waals surface area contributed by atoms with Gasteiger partial charge in [0.15, 0.2) is 5.78 Å². The number of hydrogen-bond acceptors (Lipinski definition) is 3. The molecule has 0 amide bonds. The molecule has 1 aliphatic heterocycles. The van der Waals surface area contributed by atoms with E-state index in [4.69, 9.17) is 4.74 Å². The molecule has 0 aliphatic carbocycles. The van der Waals surface area contributed by atoms with Crippen molar-refractivity contribution >= 4 is 5.78 Å². The van der Waals surface area contributed by atoms with E-state index >= 15 is 0 Å². The van der Waals surface area contributed by atoms with Gasteiger partial charge in [0, 0.05) is 26.7 Å². The first-order valence-corrected chi connectivity index (χ1v) is 7.28. The van der Waals surface area contributed by atoms with Gasteiger partial charge < -0.3 is 4.74 Å². The molecule has 4 heteroatoms. The monoisotopic (exact) mass is 264 g/mol. The molecule has 4 nitrogen and oxygen atoms in total. The third-order valence-electron chi connectivity index (χ3n) is 3.89. The summed E-state index contributed by atoms with van der Waals surface area (Å²) in [5.41, 5.74) is 1.65. The number of unbranched alkanes of at least 4 members (excludes halogenated alkanes) is 1. The fraction of sp³-hybridized carbons (Fsp3) is 0.733. The molecular weight excluding hydrogens is 240 g/mol. The van der Waals surface area contributed by atoms with Gasteiger partial charge in [0.25, 0.3) is 0 Å². The molecule has 1 aromatic heterocycles. The van der Waals surface area contributed by atoms with E-state index in [0.717, 1.165) is 43.4 Å². The molecule has 0 atom stereocenters. The number of rotatable bonds is 6. The third-order valence-corrected chi connectivity index (χ3v) is 3.89. The second-order valence-corrected chi connectivity index (χ2v) is 5.52. The van der Waals surface area contributed by atoms with Crippen LogP contribution in [-0.4, -0.2) is 28.8 Å². The van der Waals surface area contributed by atoms with E-state index in [2.05, 4.69) is 5.10 Å². The molecule has 0 unspecified atom stereocenters. The zero-order valence-corrected chi connectivity index (χ0v) is 12.0. The minimum Gasteiger partial charge on any atom is -0.381 e. The molecule has 1 aliphatic rings. The number of carbonyl (C=O) groups is 1. The van der Waals surface area contributed by atoms with Gasteiger partial charge in [0.2, 0.25) is 0 Å². The second-order valence-electron chi connectivity index (χ2n) is 5.52. The Hall–Kier alpha value is -1.16.